The largest absolute Gasteiger partial charge is 0.348 e. The van der Waals surface area contributed by atoms with Crippen molar-refractivity contribution in [3.05, 3.63) is 70.2 Å². The van der Waals surface area contributed by atoms with E-state index in [0.29, 0.717) is 11.6 Å². The quantitative estimate of drug-likeness (QED) is 0.740. The van der Waals surface area contributed by atoms with Gasteiger partial charge in [-0.2, -0.15) is 0 Å². The summed E-state index contributed by atoms with van der Waals surface area (Å²) >= 11 is 5.94. The van der Waals surface area contributed by atoms with Gasteiger partial charge in [0.2, 0.25) is 5.91 Å². The van der Waals surface area contributed by atoms with Crippen LogP contribution in [0.5, 0.6) is 0 Å². The Hall–Kier alpha value is -2.53. The lowest BCUT2D eigenvalue weighted by Gasteiger charge is -2.15. The molecule has 2 aromatic carbocycles. The number of halogens is 1. The lowest BCUT2D eigenvalue weighted by atomic mass is 10.1. The first-order valence-corrected chi connectivity index (χ1v) is 8.44. The molecule has 0 spiro atoms. The number of amides is 3. The van der Waals surface area contributed by atoms with Crippen molar-refractivity contribution in [2.45, 2.75) is 26.4 Å². The third-order valence-corrected chi connectivity index (χ3v) is 3.94. The van der Waals surface area contributed by atoms with Crippen LogP contribution in [0.4, 0.5) is 4.79 Å². The number of carbonyl (C=O) groups is 2. The van der Waals surface area contributed by atoms with Gasteiger partial charge in [0.05, 0.1) is 12.6 Å². The molecule has 0 aliphatic rings. The summed E-state index contributed by atoms with van der Waals surface area (Å²) in [6.45, 7) is 4.19. The molecule has 2 rings (SSSR count). The molecular formula is C19H22ClN3O2. The standard InChI is InChI=1S/C19H22ClN3O2/c1-13-6-8-15(9-7-13)11-21-19(25)22-12-18(24)23-14(2)16-4-3-5-17(20)10-16/h3-10,14H,11-12H2,1-2H3,(H,23,24)(H2,21,22,25)/t14-/m1/s1. The zero-order chi connectivity index (χ0) is 18.2. The van der Waals surface area contributed by atoms with Crippen molar-refractivity contribution in [3.8, 4) is 0 Å². The SMILES string of the molecule is Cc1ccc(CNC(=O)NCC(=O)N[C@H](C)c2cccc(Cl)c2)cc1. The van der Waals surface area contributed by atoms with Crippen LogP contribution in [-0.4, -0.2) is 18.5 Å². The Morgan fingerprint density at radius 2 is 1.80 bits per heavy atom. The fraction of sp³-hybridized carbons (Fsp3) is 0.263. The van der Waals surface area contributed by atoms with E-state index in [0.717, 1.165) is 11.1 Å². The maximum Gasteiger partial charge on any atom is 0.315 e. The molecule has 3 amide bonds. The first-order valence-electron chi connectivity index (χ1n) is 8.06. The minimum Gasteiger partial charge on any atom is -0.348 e. The van der Waals surface area contributed by atoms with E-state index in [1.165, 1.54) is 5.56 Å². The number of aryl methyl sites for hydroxylation is 1. The number of rotatable bonds is 6. The number of carbonyl (C=O) groups excluding carboxylic acids is 2. The number of hydrogen-bond acceptors (Lipinski definition) is 2. The van der Waals surface area contributed by atoms with Gasteiger partial charge in [-0.3, -0.25) is 4.79 Å². The Morgan fingerprint density at radius 3 is 2.48 bits per heavy atom. The van der Waals surface area contributed by atoms with Crippen LogP contribution in [0.25, 0.3) is 0 Å². The predicted molar refractivity (Wildman–Crippen MR) is 99.4 cm³/mol. The van der Waals surface area contributed by atoms with Gasteiger partial charge in [-0.1, -0.05) is 53.6 Å². The summed E-state index contributed by atoms with van der Waals surface area (Å²) in [7, 11) is 0. The Morgan fingerprint density at radius 1 is 1.08 bits per heavy atom. The average molecular weight is 360 g/mol. The van der Waals surface area contributed by atoms with Crippen LogP contribution in [0, 0.1) is 6.92 Å². The van der Waals surface area contributed by atoms with Gasteiger partial charge < -0.3 is 16.0 Å². The molecule has 1 atom stereocenters. The van der Waals surface area contributed by atoms with E-state index < -0.39 is 0 Å². The minimum absolute atomic E-state index is 0.0926. The Balaban J connectivity index is 1.71. The monoisotopic (exact) mass is 359 g/mol. The second-order valence-corrected chi connectivity index (χ2v) is 6.30. The zero-order valence-corrected chi connectivity index (χ0v) is 15.1. The molecule has 132 valence electrons. The van der Waals surface area contributed by atoms with Crippen LogP contribution >= 0.6 is 11.6 Å². The van der Waals surface area contributed by atoms with E-state index in [2.05, 4.69) is 16.0 Å². The molecule has 6 heteroatoms. The van der Waals surface area contributed by atoms with Crippen molar-refractivity contribution in [3.63, 3.8) is 0 Å². The molecule has 0 aliphatic heterocycles. The Bertz CT molecular complexity index is 732. The molecule has 0 radical (unpaired) electrons. The molecule has 3 N–H and O–H groups in total. The van der Waals surface area contributed by atoms with E-state index in [-0.39, 0.29) is 24.5 Å². The number of urea groups is 1. The van der Waals surface area contributed by atoms with Crippen molar-refractivity contribution < 1.29 is 9.59 Å². The van der Waals surface area contributed by atoms with E-state index >= 15 is 0 Å². The molecular weight excluding hydrogens is 338 g/mol. The van der Waals surface area contributed by atoms with E-state index in [9.17, 15) is 9.59 Å². The number of hydrogen-bond donors (Lipinski definition) is 3. The summed E-state index contributed by atoms with van der Waals surface area (Å²) in [4.78, 5) is 23.7. The van der Waals surface area contributed by atoms with Crippen molar-refractivity contribution >= 4 is 23.5 Å². The first-order chi connectivity index (χ1) is 11.9. The van der Waals surface area contributed by atoms with Crippen LogP contribution in [0.1, 0.15) is 29.7 Å². The molecule has 0 aliphatic carbocycles. The van der Waals surface area contributed by atoms with Crippen LogP contribution in [0.3, 0.4) is 0 Å². The molecule has 0 aromatic heterocycles. The first kappa shape index (κ1) is 18.8. The van der Waals surface area contributed by atoms with Crippen molar-refractivity contribution in [2.24, 2.45) is 0 Å². The van der Waals surface area contributed by atoms with Crippen molar-refractivity contribution in [1.29, 1.82) is 0 Å². The van der Waals surface area contributed by atoms with Gasteiger partial charge in [-0.05, 0) is 37.1 Å². The fourth-order valence-corrected chi connectivity index (χ4v) is 2.46. The van der Waals surface area contributed by atoms with Gasteiger partial charge >= 0.3 is 6.03 Å². The van der Waals surface area contributed by atoms with Gasteiger partial charge in [0.1, 0.15) is 0 Å². The summed E-state index contributed by atoms with van der Waals surface area (Å²) in [5.74, 6) is -0.266. The fourth-order valence-electron chi connectivity index (χ4n) is 2.26. The third kappa shape index (κ3) is 6.47. The summed E-state index contributed by atoms with van der Waals surface area (Å²) in [5.41, 5.74) is 3.07. The van der Waals surface area contributed by atoms with E-state index in [1.54, 1.807) is 12.1 Å². The van der Waals surface area contributed by atoms with Gasteiger partial charge in [-0.25, -0.2) is 4.79 Å². The summed E-state index contributed by atoms with van der Waals surface area (Å²) in [6.07, 6.45) is 0. The second-order valence-electron chi connectivity index (χ2n) is 5.87. The molecule has 5 nitrogen and oxygen atoms in total. The molecule has 2 aromatic rings. The molecule has 0 heterocycles. The highest BCUT2D eigenvalue weighted by atomic mass is 35.5. The van der Waals surface area contributed by atoms with Gasteiger partial charge in [0.15, 0.2) is 0 Å². The normalized spacial score (nSPS) is 11.5. The smallest absolute Gasteiger partial charge is 0.315 e. The van der Waals surface area contributed by atoms with E-state index in [4.69, 9.17) is 11.6 Å². The second kappa shape index (κ2) is 9.08. The highest BCUT2D eigenvalue weighted by molar-refractivity contribution is 6.30. The highest BCUT2D eigenvalue weighted by Crippen LogP contribution is 2.17. The van der Waals surface area contributed by atoms with Gasteiger partial charge in [0, 0.05) is 11.6 Å². The van der Waals surface area contributed by atoms with Crippen molar-refractivity contribution in [1.82, 2.24) is 16.0 Å². The molecule has 0 bridgehead atoms. The van der Waals surface area contributed by atoms with Crippen LogP contribution < -0.4 is 16.0 Å². The molecule has 0 saturated heterocycles. The molecule has 0 fully saturated rings. The topological polar surface area (TPSA) is 70.2 Å². The number of nitrogens with one attached hydrogen (secondary N) is 3. The lowest BCUT2D eigenvalue weighted by Crippen LogP contribution is -2.42. The third-order valence-electron chi connectivity index (χ3n) is 3.71. The lowest BCUT2D eigenvalue weighted by molar-refractivity contribution is -0.120. The summed E-state index contributed by atoms with van der Waals surface area (Å²) in [6, 6.07) is 14.6. The van der Waals surface area contributed by atoms with Crippen molar-refractivity contribution in [2.75, 3.05) is 6.54 Å². The van der Waals surface area contributed by atoms with Gasteiger partial charge in [-0.15, -0.1) is 0 Å². The van der Waals surface area contributed by atoms with Gasteiger partial charge in [0.25, 0.3) is 0 Å². The Labute approximate surface area is 152 Å². The maximum absolute atomic E-state index is 11.9. The Kier molecular flexibility index (Phi) is 6.83. The molecule has 25 heavy (non-hydrogen) atoms. The highest BCUT2D eigenvalue weighted by Gasteiger charge is 2.11. The minimum atomic E-state index is -0.383. The predicted octanol–water partition coefficient (Wildman–Crippen LogP) is 3.33. The molecule has 0 saturated carbocycles. The zero-order valence-electron chi connectivity index (χ0n) is 14.3. The van der Waals surface area contributed by atoms with Crippen LogP contribution in [0.2, 0.25) is 5.02 Å². The summed E-state index contributed by atoms with van der Waals surface area (Å²) in [5, 5.41) is 8.70. The van der Waals surface area contributed by atoms with Crippen LogP contribution in [0.15, 0.2) is 48.5 Å². The maximum atomic E-state index is 11.9. The number of benzene rings is 2. The summed E-state index contributed by atoms with van der Waals surface area (Å²) < 4.78 is 0. The average Bonchev–Trinajstić information content (AvgIpc) is 2.59. The van der Waals surface area contributed by atoms with Crippen LogP contribution in [-0.2, 0) is 11.3 Å². The molecule has 0 unspecified atom stereocenters. The van der Waals surface area contributed by atoms with E-state index in [1.807, 2.05) is 50.2 Å².